The molecule has 0 spiro atoms. The lowest BCUT2D eigenvalue weighted by Gasteiger charge is -2.29. The topological polar surface area (TPSA) is 55.1 Å². The quantitative estimate of drug-likeness (QED) is 0.845. The molecule has 1 aliphatic rings. The minimum atomic E-state index is -0.406. The van der Waals surface area contributed by atoms with Crippen LogP contribution in [0.15, 0.2) is 30.3 Å². The fraction of sp³-hybridized carbons (Fsp3) is 0.611. The SMILES string of the molecule is C[C@@H](NC(=O)[C@@H](N)CCc1ccccc1)C1CCCCC1. The van der Waals surface area contributed by atoms with Crippen LogP contribution in [0.3, 0.4) is 0 Å². The van der Waals surface area contributed by atoms with Crippen LogP contribution >= 0.6 is 0 Å². The molecule has 0 heterocycles. The summed E-state index contributed by atoms with van der Waals surface area (Å²) < 4.78 is 0. The summed E-state index contributed by atoms with van der Waals surface area (Å²) in [5.41, 5.74) is 7.27. The number of amides is 1. The minimum absolute atomic E-state index is 0.00371. The number of carbonyl (C=O) groups is 1. The summed E-state index contributed by atoms with van der Waals surface area (Å²) in [4.78, 5) is 12.2. The van der Waals surface area contributed by atoms with Crippen LogP contribution in [0, 0.1) is 5.92 Å². The van der Waals surface area contributed by atoms with Gasteiger partial charge in [-0.2, -0.15) is 0 Å². The second-order valence-electron chi connectivity index (χ2n) is 6.33. The molecule has 3 N–H and O–H groups in total. The number of carbonyl (C=O) groups excluding carboxylic acids is 1. The standard InChI is InChI=1S/C18H28N2O/c1-14(16-10-6-3-7-11-16)20-18(21)17(19)13-12-15-8-4-2-5-9-15/h2,4-5,8-9,14,16-17H,3,6-7,10-13,19H2,1H3,(H,20,21)/t14-,17+/m1/s1. The van der Waals surface area contributed by atoms with Gasteiger partial charge in [-0.25, -0.2) is 0 Å². The van der Waals surface area contributed by atoms with Gasteiger partial charge >= 0.3 is 0 Å². The highest BCUT2D eigenvalue weighted by atomic mass is 16.2. The molecule has 0 bridgehead atoms. The Bertz CT molecular complexity index is 426. The second-order valence-corrected chi connectivity index (χ2v) is 6.33. The lowest BCUT2D eigenvalue weighted by molar-refractivity contribution is -0.123. The van der Waals surface area contributed by atoms with Gasteiger partial charge < -0.3 is 11.1 Å². The first kappa shape index (κ1) is 16.0. The predicted octanol–water partition coefficient (Wildman–Crippen LogP) is 3.03. The number of benzene rings is 1. The van der Waals surface area contributed by atoms with E-state index in [1.807, 2.05) is 18.2 Å². The van der Waals surface area contributed by atoms with Gasteiger partial charge in [-0.15, -0.1) is 0 Å². The Kier molecular flexibility index (Phi) is 6.24. The molecule has 1 aliphatic carbocycles. The molecule has 1 aromatic rings. The smallest absolute Gasteiger partial charge is 0.237 e. The average molecular weight is 288 g/mol. The monoisotopic (exact) mass is 288 g/mol. The minimum Gasteiger partial charge on any atom is -0.352 e. The molecule has 1 amide bonds. The Hall–Kier alpha value is -1.35. The maximum absolute atomic E-state index is 12.2. The van der Waals surface area contributed by atoms with Gasteiger partial charge in [0.2, 0.25) is 5.91 Å². The third-order valence-corrected chi connectivity index (χ3v) is 4.65. The van der Waals surface area contributed by atoms with E-state index < -0.39 is 6.04 Å². The Morgan fingerprint density at radius 2 is 1.90 bits per heavy atom. The van der Waals surface area contributed by atoms with Crippen molar-refractivity contribution in [2.45, 2.75) is 64.0 Å². The zero-order valence-corrected chi connectivity index (χ0v) is 13.1. The van der Waals surface area contributed by atoms with E-state index in [0.29, 0.717) is 12.3 Å². The molecule has 2 rings (SSSR count). The van der Waals surface area contributed by atoms with Crippen LogP contribution in [0.4, 0.5) is 0 Å². The second kappa shape index (κ2) is 8.18. The van der Waals surface area contributed by atoms with E-state index in [9.17, 15) is 4.79 Å². The van der Waals surface area contributed by atoms with Gasteiger partial charge in [0.25, 0.3) is 0 Å². The summed E-state index contributed by atoms with van der Waals surface area (Å²) >= 11 is 0. The van der Waals surface area contributed by atoms with E-state index in [4.69, 9.17) is 5.73 Å². The number of hydrogen-bond acceptors (Lipinski definition) is 2. The Morgan fingerprint density at radius 1 is 1.24 bits per heavy atom. The van der Waals surface area contributed by atoms with E-state index in [-0.39, 0.29) is 11.9 Å². The van der Waals surface area contributed by atoms with Crippen molar-refractivity contribution in [1.29, 1.82) is 0 Å². The van der Waals surface area contributed by atoms with Crippen molar-refractivity contribution in [1.82, 2.24) is 5.32 Å². The fourth-order valence-electron chi connectivity index (χ4n) is 3.18. The van der Waals surface area contributed by atoms with Crippen LogP contribution in [-0.4, -0.2) is 18.0 Å². The van der Waals surface area contributed by atoms with Crippen LogP contribution < -0.4 is 11.1 Å². The van der Waals surface area contributed by atoms with Crippen LogP contribution in [-0.2, 0) is 11.2 Å². The van der Waals surface area contributed by atoms with Crippen molar-refractivity contribution in [3.63, 3.8) is 0 Å². The van der Waals surface area contributed by atoms with Crippen LogP contribution in [0.25, 0.3) is 0 Å². The normalized spacial score (nSPS) is 19.0. The first-order chi connectivity index (χ1) is 10.2. The largest absolute Gasteiger partial charge is 0.352 e. The third-order valence-electron chi connectivity index (χ3n) is 4.65. The highest BCUT2D eigenvalue weighted by Crippen LogP contribution is 2.26. The summed E-state index contributed by atoms with van der Waals surface area (Å²) in [6.45, 7) is 2.12. The molecule has 1 aromatic carbocycles. The number of rotatable bonds is 6. The van der Waals surface area contributed by atoms with Gasteiger partial charge in [0, 0.05) is 6.04 Å². The molecule has 0 aromatic heterocycles. The number of aryl methyl sites for hydroxylation is 1. The molecular formula is C18H28N2O. The summed E-state index contributed by atoms with van der Waals surface area (Å²) in [5.74, 6) is 0.632. The van der Waals surface area contributed by atoms with Crippen LogP contribution in [0.2, 0.25) is 0 Å². The number of nitrogens with one attached hydrogen (secondary N) is 1. The zero-order chi connectivity index (χ0) is 15.1. The van der Waals surface area contributed by atoms with Gasteiger partial charge in [0.15, 0.2) is 0 Å². The summed E-state index contributed by atoms with van der Waals surface area (Å²) in [6, 6.07) is 10.0. The molecule has 1 saturated carbocycles. The molecule has 0 aliphatic heterocycles. The van der Waals surface area contributed by atoms with E-state index in [0.717, 1.165) is 6.42 Å². The first-order valence-electron chi connectivity index (χ1n) is 8.26. The zero-order valence-electron chi connectivity index (χ0n) is 13.1. The predicted molar refractivity (Wildman–Crippen MR) is 86.9 cm³/mol. The van der Waals surface area contributed by atoms with Gasteiger partial charge in [0.05, 0.1) is 6.04 Å². The van der Waals surface area contributed by atoms with E-state index in [1.165, 1.54) is 37.7 Å². The van der Waals surface area contributed by atoms with Gasteiger partial charge in [0.1, 0.15) is 0 Å². The van der Waals surface area contributed by atoms with Crippen molar-refractivity contribution in [2.24, 2.45) is 11.7 Å². The van der Waals surface area contributed by atoms with Crippen molar-refractivity contribution in [2.75, 3.05) is 0 Å². The molecule has 1 fully saturated rings. The summed E-state index contributed by atoms with van der Waals surface area (Å²) in [7, 11) is 0. The molecule has 2 atom stereocenters. The lowest BCUT2D eigenvalue weighted by Crippen LogP contribution is -2.47. The first-order valence-corrected chi connectivity index (χ1v) is 8.26. The molecular weight excluding hydrogens is 260 g/mol. The highest BCUT2D eigenvalue weighted by molar-refractivity contribution is 5.81. The van der Waals surface area contributed by atoms with Crippen molar-refractivity contribution in [3.05, 3.63) is 35.9 Å². The third kappa shape index (κ3) is 5.16. The van der Waals surface area contributed by atoms with Gasteiger partial charge in [-0.05, 0) is 44.1 Å². The van der Waals surface area contributed by atoms with E-state index in [2.05, 4.69) is 24.4 Å². The Balaban J connectivity index is 1.74. The molecule has 0 unspecified atom stereocenters. The lowest BCUT2D eigenvalue weighted by atomic mass is 9.84. The average Bonchev–Trinajstić information content (AvgIpc) is 2.54. The molecule has 0 saturated heterocycles. The van der Waals surface area contributed by atoms with Gasteiger partial charge in [-0.3, -0.25) is 4.79 Å². The molecule has 116 valence electrons. The molecule has 3 nitrogen and oxygen atoms in total. The number of nitrogens with two attached hydrogens (primary N) is 1. The summed E-state index contributed by atoms with van der Waals surface area (Å²) in [6.07, 6.45) is 7.96. The van der Waals surface area contributed by atoms with E-state index >= 15 is 0 Å². The van der Waals surface area contributed by atoms with Crippen molar-refractivity contribution in [3.8, 4) is 0 Å². The van der Waals surface area contributed by atoms with Gasteiger partial charge in [-0.1, -0.05) is 49.6 Å². The molecule has 21 heavy (non-hydrogen) atoms. The van der Waals surface area contributed by atoms with E-state index in [1.54, 1.807) is 0 Å². The van der Waals surface area contributed by atoms with Crippen LogP contribution in [0.1, 0.15) is 51.0 Å². The van der Waals surface area contributed by atoms with Crippen LogP contribution in [0.5, 0.6) is 0 Å². The Labute approximate surface area is 128 Å². The highest BCUT2D eigenvalue weighted by Gasteiger charge is 2.23. The van der Waals surface area contributed by atoms with Crippen molar-refractivity contribution >= 4 is 5.91 Å². The number of hydrogen-bond donors (Lipinski definition) is 2. The maximum Gasteiger partial charge on any atom is 0.237 e. The van der Waals surface area contributed by atoms with Crippen molar-refractivity contribution < 1.29 is 4.79 Å². The summed E-state index contributed by atoms with van der Waals surface area (Å²) in [5, 5.41) is 3.12. The molecule has 0 radical (unpaired) electrons. The molecule has 3 heteroatoms. The maximum atomic E-state index is 12.2. The fourth-order valence-corrected chi connectivity index (χ4v) is 3.18. The Morgan fingerprint density at radius 3 is 2.57 bits per heavy atom.